The molecule has 121 heavy (non-hydrogen) atoms. The molecule has 0 radical (unpaired) electrons. The van der Waals surface area contributed by atoms with Crippen molar-refractivity contribution in [2.45, 2.75) is 177 Å². The van der Waals surface area contributed by atoms with E-state index >= 15 is 0 Å². The zero-order valence-corrected chi connectivity index (χ0v) is 71.0. The van der Waals surface area contributed by atoms with Gasteiger partial charge in [-0.2, -0.15) is 0 Å². The predicted octanol–water partition coefficient (Wildman–Crippen LogP) is 15.7. The maximum absolute atomic E-state index is 14.6. The number of carbonyl (C=O) groups excluding carboxylic acids is 2. The van der Waals surface area contributed by atoms with E-state index in [9.17, 15) is 27.2 Å². The van der Waals surface area contributed by atoms with Gasteiger partial charge in [-0.1, -0.05) is 46.4 Å². The van der Waals surface area contributed by atoms with Crippen LogP contribution in [-0.4, -0.2) is 221 Å². The van der Waals surface area contributed by atoms with E-state index < -0.39 is 28.9 Å². The van der Waals surface area contributed by atoms with Gasteiger partial charge in [-0.3, -0.25) is 0 Å². The van der Waals surface area contributed by atoms with Crippen molar-refractivity contribution in [2.75, 3.05) is 81.7 Å². The molecule has 3 amide bonds. The maximum atomic E-state index is 14.6. The van der Waals surface area contributed by atoms with E-state index in [1.54, 1.807) is 90.7 Å². The second-order valence-corrected chi connectivity index (χ2v) is 34.0. The first kappa shape index (κ1) is 86.9. The third-order valence-electron chi connectivity index (χ3n) is 22.1. The predicted molar refractivity (Wildman–Crippen MR) is 465 cm³/mol. The largest absolute Gasteiger partial charge is 0.444 e. The van der Waals surface area contributed by atoms with E-state index in [0.29, 0.717) is 96.2 Å². The number of nitrogens with one attached hydrogen (secondary N) is 11. The maximum Gasteiger partial charge on any atom is 0.410 e. The zero-order chi connectivity index (χ0) is 85.0. The minimum absolute atomic E-state index is 0.0359. The van der Waals surface area contributed by atoms with Gasteiger partial charge in [0.1, 0.15) is 28.2 Å². The second-order valence-electron chi connectivity index (χ2n) is 32.2. The number of carbonyl (C=O) groups is 2. The van der Waals surface area contributed by atoms with Crippen LogP contribution in [0, 0.1) is 23.3 Å². The first-order valence-electron chi connectivity index (χ1n) is 40.8. The highest BCUT2D eigenvalue weighted by molar-refractivity contribution is 6.32. The van der Waals surface area contributed by atoms with Crippen LogP contribution >= 0.6 is 46.4 Å². The molecule has 30 nitrogen and oxygen atoms in total. The number of halogens is 8. The van der Waals surface area contributed by atoms with Crippen LogP contribution < -0.4 is 43.0 Å². The first-order chi connectivity index (χ1) is 58.3. The van der Waals surface area contributed by atoms with E-state index in [4.69, 9.17) is 56.9 Å². The average Bonchev–Trinajstić information content (AvgIpc) is 1.68. The van der Waals surface area contributed by atoms with E-state index in [1.807, 2.05) is 39.8 Å². The number of anilines is 4. The van der Waals surface area contributed by atoms with E-state index in [0.717, 1.165) is 162 Å². The summed E-state index contributed by atoms with van der Waals surface area (Å²) in [6.07, 6.45) is 33.1. The molecule has 38 heteroatoms. The number of pyridine rings is 4. The number of nitrogens with two attached hydrogens (primary N) is 1. The lowest BCUT2D eigenvalue weighted by atomic mass is 9.90. The van der Waals surface area contributed by atoms with Crippen molar-refractivity contribution in [1.82, 2.24) is 110 Å². The SMILES string of the molecule is CN(CCN[C@@H]1CCC[C@H](Nc2nc(-c3c[nH]c4ncc(Cl)cc34)ncc2F)C1)C(=O)OC(C)(C)C.CN1CCN([C@@H]2CCC[C@H](Nc3nc(-c4c[nH]c5ncc(Cl)cc45)ncc3F)C2)C1=O.CNCCN[C@@H]1CCC[C@H](Nc2nc(-c3c[nH]c4ncc(Cl)cc34)ncc2F)C1.N[C@@H]1CCC[C@H](Nc2nc(-c3c[nH]c4ncc(Cl)cc34)ncc2F)C1. The number of aromatic amines is 4. The summed E-state index contributed by atoms with van der Waals surface area (Å²) in [5.74, 6) is 0.505. The Bertz CT molecular complexity index is 5580. The fourth-order valence-corrected chi connectivity index (χ4v) is 16.7. The number of nitrogens with zero attached hydrogens (tertiary/aromatic N) is 15. The number of urea groups is 1. The van der Waals surface area contributed by atoms with Gasteiger partial charge >= 0.3 is 12.1 Å². The number of amides is 3. The summed E-state index contributed by atoms with van der Waals surface area (Å²) in [6, 6.07) is 8.64. The number of aromatic nitrogens is 16. The smallest absolute Gasteiger partial charge is 0.410 e. The van der Waals surface area contributed by atoms with Crippen LogP contribution in [0.1, 0.15) is 124 Å². The molecular weight excluding hydrogens is 1640 g/mol. The Kier molecular flexibility index (Phi) is 28.4. The van der Waals surface area contributed by atoms with Gasteiger partial charge in [0.05, 0.1) is 44.9 Å². The lowest BCUT2D eigenvalue weighted by molar-refractivity contribution is 0.0298. The van der Waals surface area contributed by atoms with Crippen molar-refractivity contribution in [3.63, 3.8) is 0 Å². The van der Waals surface area contributed by atoms with Crippen LogP contribution in [-0.2, 0) is 4.74 Å². The summed E-state index contributed by atoms with van der Waals surface area (Å²) in [4.78, 5) is 93.5. The molecule has 12 aromatic rings. The molecule has 4 aliphatic carbocycles. The molecule has 5 fully saturated rings. The third kappa shape index (κ3) is 22.3. The molecule has 0 bridgehead atoms. The van der Waals surface area contributed by atoms with Gasteiger partial charge in [-0.25, -0.2) is 87.0 Å². The zero-order valence-electron chi connectivity index (χ0n) is 67.9. The Labute approximate surface area is 716 Å². The fourth-order valence-electron chi connectivity index (χ4n) is 16.0. The highest BCUT2D eigenvalue weighted by Crippen LogP contribution is 2.37. The van der Waals surface area contributed by atoms with E-state index in [1.165, 1.54) is 24.8 Å². The quantitative estimate of drug-likeness (QED) is 0.0235. The van der Waals surface area contributed by atoms with Crippen LogP contribution in [0.3, 0.4) is 0 Å². The van der Waals surface area contributed by atoms with Gasteiger partial charge in [0.15, 0.2) is 69.8 Å². The summed E-state index contributed by atoms with van der Waals surface area (Å²) in [5, 5.41) is 28.5. The highest BCUT2D eigenvalue weighted by Gasteiger charge is 2.36. The minimum Gasteiger partial charge on any atom is -0.444 e. The molecule has 640 valence electrons. The number of ether oxygens (including phenoxy) is 1. The Hall–Kier alpha value is -10.5. The standard InChI is InChI=1S/C25H33ClFN7O2.C21H23ClFN7O.C20H25ClFN7.C17H18ClFN6/c1-25(2,3)36-24(35)34(4)9-8-28-16-6-5-7-17(11-16)32-23-20(27)14-31-22(33-23)19-13-30-21-18(19)10-15(26)12-29-21;1-29-5-6-30(21(29)31)14-4-2-3-13(8-14)27-20-17(23)11-26-19(28-20)16-10-25-18-15(16)7-12(22)9-24-18;1-23-5-6-24-13-3-2-4-14(8-13)28-20-17(22)11-27-19(29-20)16-10-26-18-15(16)7-12(21)9-25-18;18-9-4-12-13(7-22-15(12)21-6-9)16-23-8-14(19)17(25-16)24-11-3-1-2-10(20)5-11/h10,12-14,16-17,28H,5-9,11H2,1-4H3,(H,29,30)(H,31,32,33);7,9-11,13-14H,2-6,8H2,1H3,(H,24,25)(H,26,27,28);7,9-11,13-14,23-24H,2-6,8H2,1H3,(H,25,26)(H,27,28,29);4,6-8,10-11H,1-3,5,20H2,(H,21,22)(H,23,24,25)/t16-,17+;2*13-,14+;10-,11+/m1011/s1. The second kappa shape index (κ2) is 39.6. The topological polar surface area (TPSA) is 381 Å². The Morgan fingerprint density at radius 3 is 1.19 bits per heavy atom. The Morgan fingerprint density at radius 2 is 0.835 bits per heavy atom. The summed E-state index contributed by atoms with van der Waals surface area (Å²) in [5.41, 5.74) is 11.1. The summed E-state index contributed by atoms with van der Waals surface area (Å²) >= 11 is 24.3. The summed E-state index contributed by atoms with van der Waals surface area (Å²) < 4.78 is 63.2. The Morgan fingerprint density at radius 1 is 0.488 bits per heavy atom. The number of hydrogen-bond donors (Lipinski definition) is 12. The number of fused-ring (bicyclic) bond motifs is 4. The monoisotopic (exact) mass is 1740 g/mol. The van der Waals surface area contributed by atoms with Crippen molar-refractivity contribution in [3.8, 4) is 45.6 Å². The normalized spacial score (nSPS) is 20.0. The highest BCUT2D eigenvalue weighted by atomic mass is 35.5. The minimum atomic E-state index is -0.519. The summed E-state index contributed by atoms with van der Waals surface area (Å²) in [7, 11) is 5.50. The lowest BCUT2D eigenvalue weighted by Crippen LogP contribution is -2.44. The fraction of sp³-hybridized carbons (Fsp3) is 0.446. The molecule has 1 saturated heterocycles. The van der Waals surface area contributed by atoms with E-state index in [2.05, 4.69) is 117 Å². The van der Waals surface area contributed by atoms with Gasteiger partial charge in [-0.15, -0.1) is 0 Å². The van der Waals surface area contributed by atoms with Crippen molar-refractivity contribution in [3.05, 3.63) is 142 Å². The molecule has 8 atom stereocenters. The molecule has 0 unspecified atom stereocenters. The van der Waals surface area contributed by atoms with Crippen molar-refractivity contribution in [1.29, 1.82) is 0 Å². The third-order valence-corrected chi connectivity index (χ3v) is 22.9. The Balaban J connectivity index is 0.000000133. The van der Waals surface area contributed by atoms with Gasteiger partial charge in [0.25, 0.3) is 0 Å². The van der Waals surface area contributed by atoms with Crippen LogP contribution in [0.25, 0.3) is 89.7 Å². The molecule has 17 rings (SSSR count). The van der Waals surface area contributed by atoms with Gasteiger partial charge < -0.3 is 82.3 Å². The average molecular weight is 1740 g/mol. The molecule has 1 aliphatic heterocycles. The van der Waals surface area contributed by atoms with Crippen molar-refractivity contribution in [2.24, 2.45) is 5.73 Å². The molecule has 13 N–H and O–H groups in total. The van der Waals surface area contributed by atoms with Gasteiger partial charge in [0, 0.05) is 195 Å². The van der Waals surface area contributed by atoms with E-state index in [-0.39, 0.29) is 77.7 Å². The summed E-state index contributed by atoms with van der Waals surface area (Å²) in [6.45, 7) is 10.1. The first-order valence-corrected chi connectivity index (χ1v) is 42.3. The number of likely N-dealkylation sites (N-methyl/N-ethyl adjacent to an activating group) is 3. The number of H-pyrrole nitrogens is 4. The molecule has 0 aromatic carbocycles. The van der Waals surface area contributed by atoms with Gasteiger partial charge in [-0.05, 0) is 155 Å². The molecule has 5 aliphatic rings. The number of rotatable bonds is 21. The van der Waals surface area contributed by atoms with Crippen molar-refractivity contribution >= 4 is 126 Å². The molecule has 0 spiro atoms. The van der Waals surface area contributed by atoms with Crippen molar-refractivity contribution < 1.29 is 31.9 Å². The molecule has 12 aromatic heterocycles. The number of hydrogen-bond acceptors (Lipinski definition) is 23. The van der Waals surface area contributed by atoms with Crippen LogP contribution in [0.4, 0.5) is 50.4 Å². The molecule has 13 heterocycles. The van der Waals surface area contributed by atoms with Gasteiger partial charge in [0.2, 0.25) is 0 Å². The van der Waals surface area contributed by atoms with Crippen LogP contribution in [0.15, 0.2) is 98.6 Å². The molecular formula is C83H99Cl4F4N27O3. The molecule has 4 saturated carbocycles. The van der Waals surface area contributed by atoms with Crippen LogP contribution in [0.2, 0.25) is 20.1 Å². The lowest BCUT2D eigenvalue weighted by Gasteiger charge is -2.35. The van der Waals surface area contributed by atoms with Crippen LogP contribution in [0.5, 0.6) is 0 Å².